The van der Waals surface area contributed by atoms with Gasteiger partial charge in [-0.2, -0.15) is 0 Å². The zero-order chi connectivity index (χ0) is 18.3. The number of anilines is 1. The Labute approximate surface area is 147 Å². The summed E-state index contributed by atoms with van der Waals surface area (Å²) in [7, 11) is -2.33. The quantitative estimate of drug-likeness (QED) is 0.574. The maximum Gasteiger partial charge on any atom is 0.340 e. The van der Waals surface area contributed by atoms with Crippen LogP contribution in [0, 0.1) is 0 Å². The molecule has 0 radical (unpaired) electrons. The van der Waals surface area contributed by atoms with Crippen LogP contribution in [0.15, 0.2) is 53.4 Å². The van der Waals surface area contributed by atoms with Crippen LogP contribution in [0.3, 0.4) is 0 Å². The van der Waals surface area contributed by atoms with Gasteiger partial charge in [0.1, 0.15) is 5.75 Å². The molecule has 0 saturated heterocycles. The summed E-state index contributed by atoms with van der Waals surface area (Å²) in [6.07, 6.45) is 1.66. The molecule has 0 atom stereocenters. The van der Waals surface area contributed by atoms with Gasteiger partial charge in [0.2, 0.25) is 0 Å². The van der Waals surface area contributed by atoms with Crippen LogP contribution in [0.1, 0.15) is 30.1 Å². The van der Waals surface area contributed by atoms with Crippen molar-refractivity contribution in [1.29, 1.82) is 0 Å². The molecule has 1 N–H and O–H groups in total. The second-order valence-corrected chi connectivity index (χ2v) is 7.00. The van der Waals surface area contributed by atoms with Crippen LogP contribution in [-0.2, 0) is 14.8 Å². The van der Waals surface area contributed by atoms with Crippen molar-refractivity contribution < 1.29 is 22.7 Å². The number of esters is 1. The highest BCUT2D eigenvalue weighted by Crippen LogP contribution is 2.22. The summed E-state index contributed by atoms with van der Waals surface area (Å²) in [5, 5.41) is 0. The average Bonchev–Trinajstić information content (AvgIpc) is 2.62. The molecule has 0 unspecified atom stereocenters. The van der Waals surface area contributed by atoms with Gasteiger partial charge in [-0.3, -0.25) is 4.72 Å². The Hall–Kier alpha value is -2.54. The second kappa shape index (κ2) is 8.53. The van der Waals surface area contributed by atoms with Crippen LogP contribution >= 0.6 is 0 Å². The van der Waals surface area contributed by atoms with Crippen LogP contribution in [0.5, 0.6) is 5.75 Å². The molecule has 0 aliphatic heterocycles. The van der Waals surface area contributed by atoms with E-state index in [2.05, 4.69) is 4.72 Å². The maximum atomic E-state index is 12.5. The number of rotatable bonds is 8. The molecular formula is C18H21NO5S. The smallest absolute Gasteiger partial charge is 0.340 e. The van der Waals surface area contributed by atoms with Gasteiger partial charge in [-0.15, -0.1) is 0 Å². The summed E-state index contributed by atoms with van der Waals surface area (Å²) >= 11 is 0. The molecule has 6 nitrogen and oxygen atoms in total. The van der Waals surface area contributed by atoms with E-state index in [1.54, 1.807) is 24.3 Å². The molecule has 0 amide bonds. The molecule has 0 aliphatic carbocycles. The molecule has 25 heavy (non-hydrogen) atoms. The zero-order valence-electron chi connectivity index (χ0n) is 14.2. The molecule has 0 aromatic heterocycles. The number of methoxy groups -OCH3 is 1. The standard InChI is InChI=1S/C18H21NO5S/c1-3-4-13-24-18(20)16-7-5-6-8-17(16)19-25(21,22)15-11-9-14(23-2)10-12-15/h5-12,19H,3-4,13H2,1-2H3. The fraction of sp³-hybridized carbons (Fsp3) is 0.278. The molecule has 0 bridgehead atoms. The number of nitrogens with one attached hydrogen (secondary N) is 1. The average molecular weight is 363 g/mol. The van der Waals surface area contributed by atoms with Crippen molar-refractivity contribution in [2.24, 2.45) is 0 Å². The topological polar surface area (TPSA) is 81.7 Å². The van der Waals surface area contributed by atoms with Gasteiger partial charge in [-0.05, 0) is 42.8 Å². The molecule has 0 aliphatic rings. The second-order valence-electron chi connectivity index (χ2n) is 5.32. The molecule has 0 spiro atoms. The lowest BCUT2D eigenvalue weighted by Crippen LogP contribution is -2.16. The maximum absolute atomic E-state index is 12.5. The fourth-order valence-electron chi connectivity index (χ4n) is 2.10. The van der Waals surface area contributed by atoms with Crippen LogP contribution in [0.4, 0.5) is 5.69 Å². The van der Waals surface area contributed by atoms with Gasteiger partial charge in [0, 0.05) is 0 Å². The van der Waals surface area contributed by atoms with Gasteiger partial charge in [0.15, 0.2) is 0 Å². The van der Waals surface area contributed by atoms with Crippen molar-refractivity contribution in [2.45, 2.75) is 24.7 Å². The Balaban J connectivity index is 2.22. The first kappa shape index (κ1) is 18.8. The highest BCUT2D eigenvalue weighted by Gasteiger charge is 2.19. The number of sulfonamides is 1. The van der Waals surface area contributed by atoms with Gasteiger partial charge < -0.3 is 9.47 Å². The summed E-state index contributed by atoms with van der Waals surface area (Å²) < 4.78 is 37.7. The number of carbonyl (C=O) groups is 1. The lowest BCUT2D eigenvalue weighted by Gasteiger charge is -2.12. The summed E-state index contributed by atoms with van der Waals surface area (Å²) in [6, 6.07) is 12.3. The van der Waals surface area contributed by atoms with Crippen molar-refractivity contribution in [3.05, 3.63) is 54.1 Å². The lowest BCUT2D eigenvalue weighted by molar-refractivity contribution is 0.0501. The minimum Gasteiger partial charge on any atom is -0.497 e. The monoisotopic (exact) mass is 363 g/mol. The number of hydrogen-bond acceptors (Lipinski definition) is 5. The predicted molar refractivity (Wildman–Crippen MR) is 95.4 cm³/mol. The molecule has 0 saturated carbocycles. The first-order chi connectivity index (χ1) is 12.0. The van der Waals surface area contributed by atoms with Crippen LogP contribution in [0.2, 0.25) is 0 Å². The van der Waals surface area contributed by atoms with E-state index in [1.807, 2.05) is 6.92 Å². The zero-order valence-corrected chi connectivity index (χ0v) is 15.0. The summed E-state index contributed by atoms with van der Waals surface area (Å²) in [6.45, 7) is 2.29. The van der Waals surface area contributed by atoms with Crippen LogP contribution in [-0.4, -0.2) is 28.1 Å². The van der Waals surface area contributed by atoms with Crippen LogP contribution < -0.4 is 9.46 Å². The third kappa shape index (κ3) is 4.96. The molecule has 0 fully saturated rings. The number of unbranched alkanes of at least 4 members (excludes halogenated alkanes) is 1. The number of para-hydroxylation sites is 1. The first-order valence-electron chi connectivity index (χ1n) is 7.91. The van der Waals surface area contributed by atoms with Crippen molar-refractivity contribution >= 4 is 21.7 Å². The van der Waals surface area contributed by atoms with Crippen molar-refractivity contribution in [2.75, 3.05) is 18.4 Å². The molecule has 0 heterocycles. The van der Waals surface area contributed by atoms with Crippen molar-refractivity contribution in [1.82, 2.24) is 0 Å². The third-order valence-corrected chi connectivity index (χ3v) is 4.87. The molecular weight excluding hydrogens is 342 g/mol. The van der Waals surface area contributed by atoms with E-state index in [0.29, 0.717) is 12.4 Å². The van der Waals surface area contributed by atoms with E-state index in [1.165, 1.54) is 31.4 Å². The van der Waals surface area contributed by atoms with E-state index >= 15 is 0 Å². The van der Waals surface area contributed by atoms with E-state index < -0.39 is 16.0 Å². The van der Waals surface area contributed by atoms with Gasteiger partial charge in [-0.1, -0.05) is 25.5 Å². The molecule has 134 valence electrons. The summed E-state index contributed by atoms with van der Waals surface area (Å²) in [4.78, 5) is 12.2. The molecule has 2 rings (SSSR count). The van der Waals surface area contributed by atoms with E-state index in [4.69, 9.17) is 9.47 Å². The molecule has 7 heteroatoms. The molecule has 2 aromatic rings. The highest BCUT2D eigenvalue weighted by atomic mass is 32.2. The summed E-state index contributed by atoms with van der Waals surface area (Å²) in [5.41, 5.74) is 0.357. The minimum atomic E-state index is -3.83. The van der Waals surface area contributed by atoms with E-state index in [0.717, 1.165) is 12.8 Å². The Morgan fingerprint density at radius 2 is 1.76 bits per heavy atom. The van der Waals surface area contributed by atoms with Gasteiger partial charge in [-0.25, -0.2) is 13.2 Å². The van der Waals surface area contributed by atoms with Crippen molar-refractivity contribution in [3.63, 3.8) is 0 Å². The van der Waals surface area contributed by atoms with Gasteiger partial charge in [0.05, 0.1) is 29.9 Å². The number of ether oxygens (including phenoxy) is 2. The van der Waals surface area contributed by atoms with Gasteiger partial charge in [0.25, 0.3) is 10.0 Å². The normalized spacial score (nSPS) is 11.0. The number of carbonyl (C=O) groups excluding carboxylic acids is 1. The minimum absolute atomic E-state index is 0.0717. The predicted octanol–water partition coefficient (Wildman–Crippen LogP) is 3.45. The Morgan fingerprint density at radius 1 is 1.08 bits per heavy atom. The largest absolute Gasteiger partial charge is 0.497 e. The van der Waals surface area contributed by atoms with Crippen molar-refractivity contribution in [3.8, 4) is 5.75 Å². The Kier molecular flexibility index (Phi) is 6.41. The van der Waals surface area contributed by atoms with Gasteiger partial charge >= 0.3 is 5.97 Å². The fourth-order valence-corrected chi connectivity index (χ4v) is 3.18. The SMILES string of the molecule is CCCCOC(=O)c1ccccc1NS(=O)(=O)c1ccc(OC)cc1. The van der Waals surface area contributed by atoms with E-state index in [-0.39, 0.29) is 16.1 Å². The molecule has 2 aromatic carbocycles. The Bertz CT molecular complexity index is 816. The van der Waals surface area contributed by atoms with Crippen LogP contribution in [0.25, 0.3) is 0 Å². The Morgan fingerprint density at radius 3 is 2.40 bits per heavy atom. The number of benzene rings is 2. The third-order valence-electron chi connectivity index (χ3n) is 3.49. The first-order valence-corrected chi connectivity index (χ1v) is 9.39. The summed E-state index contributed by atoms with van der Waals surface area (Å²) in [5.74, 6) is 0.000308. The highest BCUT2D eigenvalue weighted by molar-refractivity contribution is 7.92. The number of hydrogen-bond donors (Lipinski definition) is 1. The lowest BCUT2D eigenvalue weighted by atomic mass is 10.2. The van der Waals surface area contributed by atoms with E-state index in [9.17, 15) is 13.2 Å².